The number of methoxy groups -OCH3 is 1. The van der Waals surface area contributed by atoms with Gasteiger partial charge in [0.2, 0.25) is 5.91 Å². The van der Waals surface area contributed by atoms with Crippen LogP contribution in [0.4, 0.5) is 0 Å². The number of amides is 2. The number of β-amino-alcohol motifs (C(OH)–C–C–N with tert-alkyl or cyclic N) is 1. The van der Waals surface area contributed by atoms with Crippen molar-refractivity contribution in [3.8, 4) is 11.5 Å². The Hall–Kier alpha value is -2.28. The summed E-state index contributed by atoms with van der Waals surface area (Å²) in [7, 11) is 1.47. The van der Waals surface area contributed by atoms with E-state index in [1.54, 1.807) is 6.07 Å². The fourth-order valence-electron chi connectivity index (χ4n) is 2.46. The average Bonchev–Trinajstić information content (AvgIpc) is 2.49. The summed E-state index contributed by atoms with van der Waals surface area (Å²) in [6.45, 7) is 2.10. The van der Waals surface area contributed by atoms with Crippen molar-refractivity contribution in [1.29, 1.82) is 0 Å². The number of benzene rings is 1. The summed E-state index contributed by atoms with van der Waals surface area (Å²) in [6.07, 6.45) is -0.383. The van der Waals surface area contributed by atoms with Gasteiger partial charge in [0.25, 0.3) is 5.91 Å². The summed E-state index contributed by atoms with van der Waals surface area (Å²) < 4.78 is 5.03. The van der Waals surface area contributed by atoms with E-state index >= 15 is 0 Å². The van der Waals surface area contributed by atoms with Gasteiger partial charge in [0.1, 0.15) is 11.5 Å². The van der Waals surface area contributed by atoms with Crippen molar-refractivity contribution >= 4 is 11.8 Å². The number of ether oxygens (including phenoxy) is 1. The second-order valence-corrected chi connectivity index (χ2v) is 5.28. The van der Waals surface area contributed by atoms with Crippen molar-refractivity contribution < 1.29 is 24.5 Å². The number of rotatable bonds is 3. The van der Waals surface area contributed by atoms with Crippen molar-refractivity contribution in [1.82, 2.24) is 10.2 Å². The molecule has 1 saturated heterocycles. The van der Waals surface area contributed by atoms with E-state index in [0.717, 1.165) is 0 Å². The molecule has 1 fully saturated rings. The summed E-state index contributed by atoms with van der Waals surface area (Å²) in [5.41, 5.74) is 0.0838. The number of aromatic hydroxyl groups is 1. The van der Waals surface area contributed by atoms with E-state index in [1.807, 2.05) is 0 Å². The molecule has 120 valence electrons. The van der Waals surface area contributed by atoms with Gasteiger partial charge in [-0.3, -0.25) is 9.59 Å². The lowest BCUT2D eigenvalue weighted by Crippen LogP contribution is -2.55. The molecule has 2 amide bonds. The number of hydrogen-bond acceptors (Lipinski definition) is 5. The first-order valence-corrected chi connectivity index (χ1v) is 7.04. The van der Waals surface area contributed by atoms with Crippen LogP contribution in [0.5, 0.6) is 11.5 Å². The highest BCUT2D eigenvalue weighted by molar-refractivity contribution is 5.97. The van der Waals surface area contributed by atoms with Crippen LogP contribution in [-0.4, -0.2) is 59.3 Å². The molecule has 7 heteroatoms. The number of carbonyl (C=O) groups excluding carboxylic acids is 2. The number of aliphatic hydroxyl groups excluding tert-OH is 1. The summed E-state index contributed by atoms with van der Waals surface area (Å²) in [5.74, 6) is -0.296. The SMILES string of the molecule is COc1ccc(O)c(C(=O)N[C@@H]2CCN(C(C)=O)C[C@H]2O)c1. The number of phenolic OH excluding ortho intramolecular Hbond substituents is 1. The Labute approximate surface area is 128 Å². The molecule has 2 atom stereocenters. The molecular weight excluding hydrogens is 288 g/mol. The quantitative estimate of drug-likeness (QED) is 0.736. The molecule has 7 nitrogen and oxygen atoms in total. The second-order valence-electron chi connectivity index (χ2n) is 5.28. The Kier molecular flexibility index (Phi) is 4.87. The normalized spacial score (nSPS) is 21.3. The van der Waals surface area contributed by atoms with Gasteiger partial charge in [0, 0.05) is 20.0 Å². The third-order valence-corrected chi connectivity index (χ3v) is 3.79. The number of likely N-dealkylation sites (tertiary alicyclic amines) is 1. The standard InChI is InChI=1S/C15H20N2O5/c1-9(18)17-6-5-12(14(20)8-17)16-15(21)11-7-10(22-2)3-4-13(11)19/h3-4,7,12,14,19-20H,5-6,8H2,1-2H3,(H,16,21)/t12-,14-/m1/s1. The van der Waals surface area contributed by atoms with Crippen molar-refractivity contribution in [2.24, 2.45) is 0 Å². The van der Waals surface area contributed by atoms with Crippen LogP contribution in [0.1, 0.15) is 23.7 Å². The van der Waals surface area contributed by atoms with Crippen LogP contribution in [0.25, 0.3) is 0 Å². The zero-order valence-corrected chi connectivity index (χ0v) is 12.6. The zero-order chi connectivity index (χ0) is 16.3. The first-order valence-electron chi connectivity index (χ1n) is 7.04. The first kappa shape index (κ1) is 16.1. The Morgan fingerprint density at radius 2 is 2.14 bits per heavy atom. The number of piperidine rings is 1. The van der Waals surface area contributed by atoms with Crippen molar-refractivity contribution in [3.05, 3.63) is 23.8 Å². The van der Waals surface area contributed by atoms with Gasteiger partial charge in [-0.2, -0.15) is 0 Å². The molecule has 22 heavy (non-hydrogen) atoms. The number of carbonyl (C=O) groups is 2. The van der Waals surface area contributed by atoms with Gasteiger partial charge in [0.05, 0.1) is 24.8 Å². The molecule has 3 N–H and O–H groups in total. The summed E-state index contributed by atoms with van der Waals surface area (Å²) in [5, 5.41) is 22.5. The lowest BCUT2D eigenvalue weighted by Gasteiger charge is -2.35. The third kappa shape index (κ3) is 3.48. The fraction of sp³-hybridized carbons (Fsp3) is 0.467. The third-order valence-electron chi connectivity index (χ3n) is 3.79. The highest BCUT2D eigenvalue weighted by Gasteiger charge is 2.30. The monoisotopic (exact) mass is 308 g/mol. The number of hydrogen-bond donors (Lipinski definition) is 3. The van der Waals surface area contributed by atoms with Gasteiger partial charge >= 0.3 is 0 Å². The Balaban J connectivity index is 2.05. The topological polar surface area (TPSA) is 99.1 Å². The average molecular weight is 308 g/mol. The van der Waals surface area contributed by atoms with Gasteiger partial charge in [-0.1, -0.05) is 0 Å². The van der Waals surface area contributed by atoms with Crippen LogP contribution in [0, 0.1) is 0 Å². The van der Waals surface area contributed by atoms with Gasteiger partial charge in [0.15, 0.2) is 0 Å². The molecule has 0 unspecified atom stereocenters. The largest absolute Gasteiger partial charge is 0.507 e. The predicted molar refractivity (Wildman–Crippen MR) is 78.8 cm³/mol. The molecule has 0 aliphatic carbocycles. The molecule has 1 heterocycles. The lowest BCUT2D eigenvalue weighted by molar-refractivity contribution is -0.132. The van der Waals surface area contributed by atoms with Crippen molar-refractivity contribution in [2.75, 3.05) is 20.2 Å². The molecule has 1 aromatic carbocycles. The van der Waals surface area contributed by atoms with Crippen LogP contribution in [-0.2, 0) is 4.79 Å². The minimum absolute atomic E-state index is 0.0838. The van der Waals surface area contributed by atoms with Gasteiger partial charge in [-0.05, 0) is 24.6 Å². The summed E-state index contributed by atoms with van der Waals surface area (Å²) in [6, 6.07) is 3.89. The predicted octanol–water partition coefficient (Wildman–Crippen LogP) is 0.112. The maximum absolute atomic E-state index is 12.2. The lowest BCUT2D eigenvalue weighted by atomic mass is 10.0. The molecule has 0 saturated carbocycles. The maximum Gasteiger partial charge on any atom is 0.255 e. The summed E-state index contributed by atoms with van der Waals surface area (Å²) >= 11 is 0. The van der Waals surface area contributed by atoms with E-state index < -0.39 is 18.1 Å². The Morgan fingerprint density at radius 3 is 2.73 bits per heavy atom. The number of nitrogens with zero attached hydrogens (tertiary/aromatic N) is 1. The Morgan fingerprint density at radius 1 is 1.41 bits per heavy atom. The molecule has 0 spiro atoms. The maximum atomic E-state index is 12.2. The molecule has 0 radical (unpaired) electrons. The molecule has 1 aromatic rings. The van der Waals surface area contributed by atoms with Gasteiger partial charge in [-0.25, -0.2) is 0 Å². The van der Waals surface area contributed by atoms with Gasteiger partial charge in [-0.15, -0.1) is 0 Å². The van der Waals surface area contributed by atoms with Crippen LogP contribution in [0.2, 0.25) is 0 Å². The molecule has 0 aromatic heterocycles. The minimum atomic E-state index is -0.839. The van der Waals surface area contributed by atoms with Crippen LogP contribution >= 0.6 is 0 Å². The van der Waals surface area contributed by atoms with E-state index in [2.05, 4.69) is 5.32 Å². The number of aliphatic hydroxyl groups is 1. The van der Waals surface area contributed by atoms with Crippen LogP contribution in [0.15, 0.2) is 18.2 Å². The molecular formula is C15H20N2O5. The van der Waals surface area contributed by atoms with E-state index in [4.69, 9.17) is 4.74 Å². The zero-order valence-electron chi connectivity index (χ0n) is 12.6. The fourth-order valence-corrected chi connectivity index (χ4v) is 2.46. The molecule has 0 bridgehead atoms. The smallest absolute Gasteiger partial charge is 0.255 e. The van der Waals surface area contributed by atoms with E-state index in [-0.39, 0.29) is 23.8 Å². The van der Waals surface area contributed by atoms with E-state index in [0.29, 0.717) is 18.7 Å². The number of nitrogens with one attached hydrogen (secondary N) is 1. The highest BCUT2D eigenvalue weighted by atomic mass is 16.5. The van der Waals surface area contributed by atoms with Crippen LogP contribution < -0.4 is 10.1 Å². The van der Waals surface area contributed by atoms with Crippen molar-refractivity contribution in [2.45, 2.75) is 25.5 Å². The molecule has 1 aliphatic heterocycles. The highest BCUT2D eigenvalue weighted by Crippen LogP contribution is 2.23. The molecule has 1 aliphatic rings. The Bertz CT molecular complexity index is 575. The second kappa shape index (κ2) is 6.65. The number of phenols is 1. The minimum Gasteiger partial charge on any atom is -0.507 e. The summed E-state index contributed by atoms with van der Waals surface area (Å²) in [4.78, 5) is 25.1. The van der Waals surface area contributed by atoms with E-state index in [1.165, 1.54) is 31.1 Å². The van der Waals surface area contributed by atoms with Crippen LogP contribution in [0.3, 0.4) is 0 Å². The van der Waals surface area contributed by atoms with Crippen molar-refractivity contribution in [3.63, 3.8) is 0 Å². The van der Waals surface area contributed by atoms with E-state index in [9.17, 15) is 19.8 Å². The molecule has 2 rings (SSSR count). The first-order chi connectivity index (χ1) is 10.4. The van der Waals surface area contributed by atoms with Gasteiger partial charge < -0.3 is 25.2 Å².